The summed E-state index contributed by atoms with van der Waals surface area (Å²) >= 11 is 0. The molecule has 0 spiro atoms. The van der Waals surface area contributed by atoms with Gasteiger partial charge >= 0.3 is 0 Å². The number of nitrogens with zero attached hydrogens (tertiary/aromatic N) is 1. The van der Waals surface area contributed by atoms with Crippen molar-refractivity contribution in [3.8, 4) is 0 Å². The second-order valence-electron chi connectivity index (χ2n) is 5.04. The van der Waals surface area contributed by atoms with Crippen LogP contribution in [0, 0.1) is 5.92 Å². The van der Waals surface area contributed by atoms with E-state index >= 15 is 0 Å². The number of morpholine rings is 1. The van der Waals surface area contributed by atoms with Crippen LogP contribution in [0.3, 0.4) is 0 Å². The molecule has 18 heavy (non-hydrogen) atoms. The third kappa shape index (κ3) is 4.55. The Morgan fingerprint density at radius 3 is 2.89 bits per heavy atom. The fraction of sp³-hybridized carbons (Fsp3) is 0.923. The maximum absolute atomic E-state index is 11.8. The van der Waals surface area contributed by atoms with Crippen molar-refractivity contribution >= 4 is 5.91 Å². The van der Waals surface area contributed by atoms with Crippen LogP contribution in [-0.4, -0.2) is 55.7 Å². The average molecular weight is 257 g/mol. The zero-order valence-corrected chi connectivity index (χ0v) is 11.8. The number of nitrogens with two attached hydrogens (primary N) is 1. The zero-order valence-electron chi connectivity index (χ0n) is 11.8. The lowest BCUT2D eigenvalue weighted by Crippen LogP contribution is -2.51. The number of hydrogen-bond acceptors (Lipinski definition) is 4. The largest absolute Gasteiger partial charge is 0.374 e. The molecule has 0 aromatic carbocycles. The summed E-state index contributed by atoms with van der Waals surface area (Å²) in [7, 11) is 0. The SMILES string of the molecule is CCC(C)C(N)C(=O)NCC1CN(CC)CCO1. The van der Waals surface area contributed by atoms with Gasteiger partial charge in [0.2, 0.25) is 5.91 Å². The summed E-state index contributed by atoms with van der Waals surface area (Å²) in [6.07, 6.45) is 1.00. The Balaban J connectivity index is 2.29. The van der Waals surface area contributed by atoms with E-state index in [-0.39, 0.29) is 17.9 Å². The maximum Gasteiger partial charge on any atom is 0.237 e. The summed E-state index contributed by atoms with van der Waals surface area (Å²) in [4.78, 5) is 14.2. The summed E-state index contributed by atoms with van der Waals surface area (Å²) in [5, 5.41) is 2.90. The fourth-order valence-electron chi connectivity index (χ4n) is 2.04. The first-order valence-electron chi connectivity index (χ1n) is 6.95. The molecule has 1 aliphatic rings. The van der Waals surface area contributed by atoms with E-state index in [9.17, 15) is 4.79 Å². The molecular weight excluding hydrogens is 230 g/mol. The quantitative estimate of drug-likeness (QED) is 0.713. The van der Waals surface area contributed by atoms with Crippen molar-refractivity contribution in [1.29, 1.82) is 0 Å². The highest BCUT2D eigenvalue weighted by Gasteiger charge is 2.23. The van der Waals surface area contributed by atoms with Crippen LogP contribution >= 0.6 is 0 Å². The van der Waals surface area contributed by atoms with E-state index in [0.29, 0.717) is 6.54 Å². The number of nitrogens with one attached hydrogen (secondary N) is 1. The molecular formula is C13H27N3O2. The molecule has 0 bridgehead atoms. The molecule has 1 heterocycles. The predicted molar refractivity (Wildman–Crippen MR) is 72.3 cm³/mol. The summed E-state index contributed by atoms with van der Waals surface area (Å²) in [5.74, 6) is 0.144. The number of amides is 1. The van der Waals surface area contributed by atoms with Gasteiger partial charge in [-0.3, -0.25) is 9.69 Å². The summed E-state index contributed by atoms with van der Waals surface area (Å²) in [5.41, 5.74) is 5.88. The Bertz CT molecular complexity index is 261. The second-order valence-corrected chi connectivity index (χ2v) is 5.04. The lowest BCUT2D eigenvalue weighted by atomic mass is 9.99. The molecule has 1 saturated heterocycles. The van der Waals surface area contributed by atoms with Gasteiger partial charge in [-0.25, -0.2) is 0 Å². The van der Waals surface area contributed by atoms with Crippen LogP contribution in [0.25, 0.3) is 0 Å². The molecule has 1 aliphatic heterocycles. The number of likely N-dealkylation sites (N-methyl/N-ethyl adjacent to an activating group) is 1. The van der Waals surface area contributed by atoms with Gasteiger partial charge in [0.05, 0.1) is 18.8 Å². The predicted octanol–water partition coefficient (Wildman–Crippen LogP) is 0.197. The van der Waals surface area contributed by atoms with Crippen molar-refractivity contribution in [2.45, 2.75) is 39.3 Å². The van der Waals surface area contributed by atoms with Crippen LogP contribution in [0.1, 0.15) is 27.2 Å². The summed E-state index contributed by atoms with van der Waals surface area (Å²) < 4.78 is 5.63. The first-order valence-corrected chi connectivity index (χ1v) is 6.95. The molecule has 0 radical (unpaired) electrons. The minimum Gasteiger partial charge on any atom is -0.374 e. The Labute approximate surface area is 110 Å². The highest BCUT2D eigenvalue weighted by molar-refractivity contribution is 5.81. The van der Waals surface area contributed by atoms with E-state index in [2.05, 4.69) is 17.1 Å². The van der Waals surface area contributed by atoms with Crippen molar-refractivity contribution in [1.82, 2.24) is 10.2 Å². The van der Waals surface area contributed by atoms with Crippen LogP contribution in [0.5, 0.6) is 0 Å². The van der Waals surface area contributed by atoms with Gasteiger partial charge in [0.15, 0.2) is 0 Å². The number of rotatable bonds is 6. The molecule has 5 heteroatoms. The van der Waals surface area contributed by atoms with Gasteiger partial charge in [0, 0.05) is 19.6 Å². The molecule has 0 aromatic heterocycles. The fourth-order valence-corrected chi connectivity index (χ4v) is 2.04. The van der Waals surface area contributed by atoms with Crippen molar-refractivity contribution < 1.29 is 9.53 Å². The van der Waals surface area contributed by atoms with E-state index in [1.807, 2.05) is 13.8 Å². The lowest BCUT2D eigenvalue weighted by Gasteiger charge is -2.32. The third-order valence-corrected chi connectivity index (χ3v) is 3.73. The zero-order chi connectivity index (χ0) is 13.5. The topological polar surface area (TPSA) is 67.6 Å². The van der Waals surface area contributed by atoms with E-state index < -0.39 is 6.04 Å². The smallest absolute Gasteiger partial charge is 0.237 e. The molecule has 106 valence electrons. The van der Waals surface area contributed by atoms with E-state index in [1.54, 1.807) is 0 Å². The number of carbonyl (C=O) groups is 1. The molecule has 0 aliphatic carbocycles. The Hall–Kier alpha value is -0.650. The molecule has 1 amide bonds. The van der Waals surface area contributed by atoms with Gasteiger partial charge in [-0.1, -0.05) is 27.2 Å². The van der Waals surface area contributed by atoms with Gasteiger partial charge in [0.25, 0.3) is 0 Å². The van der Waals surface area contributed by atoms with Crippen LogP contribution < -0.4 is 11.1 Å². The van der Waals surface area contributed by atoms with Crippen molar-refractivity contribution in [3.63, 3.8) is 0 Å². The Morgan fingerprint density at radius 2 is 2.28 bits per heavy atom. The van der Waals surface area contributed by atoms with E-state index in [4.69, 9.17) is 10.5 Å². The molecule has 1 fully saturated rings. The molecule has 3 N–H and O–H groups in total. The maximum atomic E-state index is 11.8. The molecule has 3 atom stereocenters. The van der Waals surface area contributed by atoms with Gasteiger partial charge in [-0.05, 0) is 12.5 Å². The number of hydrogen-bond donors (Lipinski definition) is 2. The van der Waals surface area contributed by atoms with Gasteiger partial charge < -0.3 is 15.8 Å². The minimum atomic E-state index is -0.416. The minimum absolute atomic E-state index is 0.0680. The summed E-state index contributed by atoms with van der Waals surface area (Å²) in [6, 6.07) is -0.416. The van der Waals surface area contributed by atoms with Gasteiger partial charge in [-0.15, -0.1) is 0 Å². The van der Waals surface area contributed by atoms with E-state index in [1.165, 1.54) is 0 Å². The standard InChI is InChI=1S/C13H27N3O2/c1-4-10(3)12(14)13(17)15-8-11-9-16(5-2)6-7-18-11/h10-12H,4-9,14H2,1-3H3,(H,15,17). The normalized spacial score (nSPS) is 24.6. The van der Waals surface area contributed by atoms with Crippen LogP contribution in [0.2, 0.25) is 0 Å². The number of carbonyl (C=O) groups excluding carboxylic acids is 1. The molecule has 1 rings (SSSR count). The van der Waals surface area contributed by atoms with Crippen LogP contribution in [-0.2, 0) is 9.53 Å². The third-order valence-electron chi connectivity index (χ3n) is 3.73. The monoisotopic (exact) mass is 257 g/mol. The molecule has 0 aromatic rings. The highest BCUT2D eigenvalue weighted by Crippen LogP contribution is 2.06. The molecule has 5 nitrogen and oxygen atoms in total. The van der Waals surface area contributed by atoms with Crippen molar-refractivity contribution in [2.24, 2.45) is 11.7 Å². The van der Waals surface area contributed by atoms with E-state index in [0.717, 1.165) is 32.7 Å². The first-order chi connectivity index (χ1) is 8.58. The Morgan fingerprint density at radius 1 is 1.56 bits per heavy atom. The number of ether oxygens (including phenoxy) is 1. The lowest BCUT2D eigenvalue weighted by molar-refractivity contribution is -0.124. The molecule has 3 unspecified atom stereocenters. The van der Waals surface area contributed by atoms with Gasteiger partial charge in [0.1, 0.15) is 0 Å². The Kier molecular flexibility index (Phi) is 6.60. The average Bonchev–Trinajstić information content (AvgIpc) is 2.43. The molecule has 0 saturated carbocycles. The van der Waals surface area contributed by atoms with Gasteiger partial charge in [-0.2, -0.15) is 0 Å². The first kappa shape index (κ1) is 15.4. The second kappa shape index (κ2) is 7.71. The van der Waals surface area contributed by atoms with Crippen LogP contribution in [0.15, 0.2) is 0 Å². The van der Waals surface area contributed by atoms with Crippen molar-refractivity contribution in [3.05, 3.63) is 0 Å². The van der Waals surface area contributed by atoms with Crippen LogP contribution in [0.4, 0.5) is 0 Å². The highest BCUT2D eigenvalue weighted by atomic mass is 16.5. The van der Waals surface area contributed by atoms with Crippen molar-refractivity contribution in [2.75, 3.05) is 32.8 Å². The summed E-state index contributed by atoms with van der Waals surface area (Å²) in [6.45, 7) is 10.4.